The van der Waals surface area contributed by atoms with Crippen LogP contribution in [-0.2, 0) is 11.3 Å². The highest BCUT2D eigenvalue weighted by Gasteiger charge is 2.23. The average Bonchev–Trinajstić information content (AvgIpc) is 2.81. The topological polar surface area (TPSA) is 137 Å². The molecule has 0 spiro atoms. The van der Waals surface area contributed by atoms with Crippen molar-refractivity contribution in [3.8, 4) is 0 Å². The van der Waals surface area contributed by atoms with Crippen LogP contribution in [0.15, 0.2) is 11.1 Å². The van der Waals surface area contributed by atoms with Crippen molar-refractivity contribution >= 4 is 23.0 Å². The summed E-state index contributed by atoms with van der Waals surface area (Å²) in [6, 6.07) is 0. The number of rotatable bonds is 1. The number of carbonyl (C=O) groups excluding carboxylic acids is 1. The van der Waals surface area contributed by atoms with Crippen molar-refractivity contribution in [3.63, 3.8) is 0 Å². The van der Waals surface area contributed by atoms with Crippen LogP contribution >= 0.6 is 0 Å². The van der Waals surface area contributed by atoms with Gasteiger partial charge < -0.3 is 0 Å². The van der Waals surface area contributed by atoms with Gasteiger partial charge in [0.15, 0.2) is 11.2 Å². The van der Waals surface area contributed by atoms with Crippen LogP contribution < -0.4 is 27.8 Å². The normalized spacial score (nSPS) is 13.9. The molecule has 0 saturated carbocycles. The Kier molecular flexibility index (Phi) is 1.73. The van der Waals surface area contributed by atoms with Crippen molar-refractivity contribution in [1.29, 1.82) is 0 Å². The summed E-state index contributed by atoms with van der Waals surface area (Å²) in [5.74, 6) is 10.6. The minimum atomic E-state index is -0.413. The summed E-state index contributed by atoms with van der Waals surface area (Å²) in [5.41, 5.74) is -0.122. The molecule has 0 atom stereocenters. The largest absolute Gasteiger partial charge is 0.294 e. The number of hydrogen-bond acceptors (Lipinski definition) is 7. The van der Waals surface area contributed by atoms with E-state index in [4.69, 9.17) is 11.7 Å². The Hall–Kier alpha value is -2.46. The first kappa shape index (κ1) is 9.74. The van der Waals surface area contributed by atoms with Gasteiger partial charge in [-0.05, 0) is 0 Å². The summed E-state index contributed by atoms with van der Waals surface area (Å²) in [4.78, 5) is 31.1. The maximum Gasteiger partial charge on any atom is 0.283 e. The number of fused-ring (bicyclic) bond motifs is 2. The number of aromatic nitrogens is 4. The van der Waals surface area contributed by atoms with Crippen molar-refractivity contribution in [1.82, 2.24) is 19.2 Å². The lowest BCUT2D eigenvalue weighted by Crippen LogP contribution is -2.47. The van der Waals surface area contributed by atoms with Crippen molar-refractivity contribution in [3.05, 3.63) is 16.7 Å². The number of hydrazine groups is 2. The Balaban J connectivity index is 2.37. The molecule has 2 aromatic rings. The van der Waals surface area contributed by atoms with Gasteiger partial charge in [-0.25, -0.2) is 16.7 Å². The summed E-state index contributed by atoms with van der Waals surface area (Å²) in [6.07, 6.45) is 1.27. The Bertz CT molecular complexity index is 683. The number of imidazole rings is 1. The van der Waals surface area contributed by atoms with Crippen LogP contribution in [0.1, 0.15) is 0 Å². The summed E-state index contributed by atoms with van der Waals surface area (Å²) in [5, 5.41) is 3.20. The van der Waals surface area contributed by atoms with Gasteiger partial charge in [0, 0.05) is 0 Å². The SMILES string of the molecule is NN(N)n1cnc2c(=O)n3c(nc21)NC(=O)C3. The molecule has 1 aliphatic rings. The van der Waals surface area contributed by atoms with E-state index in [1.54, 1.807) is 0 Å². The molecular formula is C7H8N8O2. The highest BCUT2D eigenvalue weighted by molar-refractivity contribution is 5.93. The van der Waals surface area contributed by atoms with Crippen molar-refractivity contribution in [2.45, 2.75) is 6.54 Å². The smallest absolute Gasteiger partial charge is 0.283 e. The fourth-order valence-electron chi connectivity index (χ4n) is 1.69. The molecule has 1 amide bonds. The number of anilines is 1. The first-order chi connectivity index (χ1) is 8.08. The Labute approximate surface area is 93.3 Å². The summed E-state index contributed by atoms with van der Waals surface area (Å²) >= 11 is 0. The number of carbonyl (C=O) groups is 1. The van der Waals surface area contributed by atoms with Gasteiger partial charge in [0.2, 0.25) is 11.9 Å². The van der Waals surface area contributed by atoms with Crippen LogP contribution in [0.2, 0.25) is 0 Å². The van der Waals surface area contributed by atoms with Crippen LogP contribution in [-0.4, -0.2) is 25.1 Å². The standard InChI is InChI=1S/C7H8N8O2/c8-15(9)14-2-10-4-5(14)12-7-11-3(16)1-13(7)6(4)17/h2H,1,8-9H2,(H,11,12,16). The predicted molar refractivity (Wildman–Crippen MR) is 57.0 cm³/mol. The number of amides is 1. The maximum atomic E-state index is 12.0. The summed E-state index contributed by atoms with van der Waals surface area (Å²) in [6.45, 7) is -0.0566. The van der Waals surface area contributed by atoms with Crippen LogP contribution in [0, 0.1) is 0 Å². The fraction of sp³-hybridized carbons (Fsp3) is 0.143. The molecule has 3 rings (SSSR count). The van der Waals surface area contributed by atoms with E-state index in [1.807, 2.05) is 0 Å². The van der Waals surface area contributed by atoms with Crippen molar-refractivity contribution in [2.75, 3.05) is 10.5 Å². The average molecular weight is 236 g/mol. The van der Waals surface area contributed by atoms with Gasteiger partial charge in [-0.3, -0.25) is 19.5 Å². The summed E-state index contributed by atoms with van der Waals surface area (Å²) < 4.78 is 2.40. The van der Waals surface area contributed by atoms with Crippen LogP contribution in [0.5, 0.6) is 0 Å². The molecule has 2 aromatic heterocycles. The van der Waals surface area contributed by atoms with Gasteiger partial charge in [-0.15, -0.1) is 0 Å². The second kappa shape index (κ2) is 3.02. The molecule has 10 heteroatoms. The minimum Gasteiger partial charge on any atom is -0.294 e. The third-order valence-corrected chi connectivity index (χ3v) is 2.44. The van der Waals surface area contributed by atoms with E-state index in [9.17, 15) is 9.59 Å². The number of nitrogens with one attached hydrogen (secondary N) is 1. The molecule has 0 fully saturated rings. The van der Waals surface area contributed by atoms with Crippen LogP contribution in [0.25, 0.3) is 11.2 Å². The highest BCUT2D eigenvalue weighted by Crippen LogP contribution is 2.13. The first-order valence-electron chi connectivity index (χ1n) is 4.65. The zero-order valence-corrected chi connectivity index (χ0v) is 8.49. The van der Waals surface area contributed by atoms with Gasteiger partial charge in [0.25, 0.3) is 5.56 Å². The molecule has 3 heterocycles. The van der Waals surface area contributed by atoms with Crippen LogP contribution in [0.3, 0.4) is 0 Å². The summed E-state index contributed by atoms with van der Waals surface area (Å²) in [7, 11) is 0. The lowest BCUT2D eigenvalue weighted by molar-refractivity contribution is -0.115. The Morgan fingerprint density at radius 3 is 2.88 bits per heavy atom. The second-order valence-electron chi connectivity index (χ2n) is 3.52. The fourth-order valence-corrected chi connectivity index (χ4v) is 1.69. The van der Waals surface area contributed by atoms with E-state index in [-0.39, 0.29) is 29.6 Å². The molecule has 0 aromatic carbocycles. The highest BCUT2D eigenvalue weighted by atomic mass is 16.2. The molecule has 0 bridgehead atoms. The van der Waals surface area contributed by atoms with Gasteiger partial charge in [0.1, 0.15) is 12.9 Å². The van der Waals surface area contributed by atoms with Crippen molar-refractivity contribution < 1.29 is 4.79 Å². The molecule has 17 heavy (non-hydrogen) atoms. The van der Waals surface area contributed by atoms with Gasteiger partial charge >= 0.3 is 0 Å². The lowest BCUT2D eigenvalue weighted by atomic mass is 10.5. The van der Waals surface area contributed by atoms with Gasteiger partial charge in [0.05, 0.1) is 0 Å². The van der Waals surface area contributed by atoms with Gasteiger partial charge in [-0.2, -0.15) is 14.9 Å². The third-order valence-electron chi connectivity index (χ3n) is 2.44. The zero-order chi connectivity index (χ0) is 12.2. The first-order valence-corrected chi connectivity index (χ1v) is 4.65. The van der Waals surface area contributed by atoms with E-state index >= 15 is 0 Å². The molecule has 5 N–H and O–H groups in total. The quantitative estimate of drug-likeness (QED) is 0.360. The van der Waals surface area contributed by atoms with E-state index in [0.717, 1.165) is 5.23 Å². The minimum absolute atomic E-state index is 0.0566. The monoisotopic (exact) mass is 236 g/mol. The molecule has 0 radical (unpaired) electrons. The van der Waals surface area contributed by atoms with E-state index in [2.05, 4.69) is 15.3 Å². The predicted octanol–water partition coefficient (Wildman–Crippen LogP) is -2.77. The number of hydrogen-bond donors (Lipinski definition) is 3. The number of nitrogens with zero attached hydrogens (tertiary/aromatic N) is 5. The maximum absolute atomic E-state index is 12.0. The third kappa shape index (κ3) is 1.21. The molecule has 1 aliphatic heterocycles. The van der Waals surface area contributed by atoms with E-state index < -0.39 is 5.56 Å². The van der Waals surface area contributed by atoms with E-state index in [1.165, 1.54) is 15.6 Å². The van der Waals surface area contributed by atoms with Crippen molar-refractivity contribution in [2.24, 2.45) is 11.7 Å². The molecular weight excluding hydrogens is 228 g/mol. The van der Waals surface area contributed by atoms with E-state index in [0.29, 0.717) is 0 Å². The number of nitrogens with two attached hydrogens (primary N) is 2. The molecule has 0 unspecified atom stereocenters. The molecule has 0 aliphatic carbocycles. The van der Waals surface area contributed by atoms with Gasteiger partial charge in [-0.1, -0.05) is 0 Å². The Morgan fingerprint density at radius 1 is 1.41 bits per heavy atom. The second-order valence-corrected chi connectivity index (χ2v) is 3.52. The molecule has 0 saturated heterocycles. The zero-order valence-electron chi connectivity index (χ0n) is 8.49. The van der Waals surface area contributed by atoms with Crippen LogP contribution in [0.4, 0.5) is 5.95 Å². The Morgan fingerprint density at radius 2 is 2.18 bits per heavy atom. The molecule has 10 nitrogen and oxygen atoms in total. The molecule has 88 valence electrons. The lowest BCUT2D eigenvalue weighted by Gasteiger charge is -2.12.